The van der Waals surface area contributed by atoms with Gasteiger partial charge in [-0.05, 0) is 55.3 Å². The molecule has 0 bridgehead atoms. The van der Waals surface area contributed by atoms with E-state index in [1.165, 1.54) is 11.8 Å². The van der Waals surface area contributed by atoms with Gasteiger partial charge in [0.2, 0.25) is 5.78 Å². The Hall–Kier alpha value is -4.11. The molecule has 0 saturated carbocycles. The minimum Gasteiger partial charge on any atom is -0.497 e. The Morgan fingerprint density at radius 2 is 1.78 bits per heavy atom. The molecule has 9 heteroatoms. The van der Waals surface area contributed by atoms with Gasteiger partial charge in [-0.15, -0.1) is 10.2 Å². The molecule has 5 aromatic rings. The lowest BCUT2D eigenvalue weighted by atomic mass is 10.1. The van der Waals surface area contributed by atoms with Crippen LogP contribution in [-0.4, -0.2) is 38.2 Å². The smallest absolute Gasteiger partial charge is 0.263 e. The summed E-state index contributed by atoms with van der Waals surface area (Å²) in [4.78, 5) is 26.4. The highest BCUT2D eigenvalue weighted by Gasteiger charge is 2.19. The molecular weight excluding hydrogens is 486 g/mol. The first-order valence-corrected chi connectivity index (χ1v) is 13.0. The molecule has 0 saturated heterocycles. The number of amides is 1. The molecule has 8 nitrogen and oxygen atoms in total. The van der Waals surface area contributed by atoms with E-state index in [4.69, 9.17) is 4.74 Å². The summed E-state index contributed by atoms with van der Waals surface area (Å²) < 4.78 is 8.85. The molecule has 0 radical (unpaired) electrons. The maximum Gasteiger partial charge on any atom is 0.263 e. The van der Waals surface area contributed by atoms with Gasteiger partial charge in [-0.25, -0.2) is 0 Å². The Morgan fingerprint density at radius 3 is 2.54 bits per heavy atom. The van der Waals surface area contributed by atoms with Crippen LogP contribution in [0.3, 0.4) is 0 Å². The molecule has 0 aliphatic carbocycles. The van der Waals surface area contributed by atoms with Gasteiger partial charge in [-0.2, -0.15) is 0 Å². The normalized spacial score (nSPS) is 11.4. The SMILES string of the molecule is COc1cccc(CSc2nnc3n(Cc4ccccc4)c(=O)c4ccc(C(=O)NC(C)C)cc4n23)c1. The number of ether oxygens (including phenoxy) is 1. The van der Waals surface area contributed by atoms with Gasteiger partial charge in [-0.3, -0.25) is 18.6 Å². The van der Waals surface area contributed by atoms with Crippen LogP contribution in [0.25, 0.3) is 16.7 Å². The molecule has 0 spiro atoms. The maximum absolute atomic E-state index is 13.6. The Balaban J connectivity index is 1.65. The number of hydrogen-bond donors (Lipinski definition) is 1. The van der Waals surface area contributed by atoms with Gasteiger partial charge in [0.25, 0.3) is 11.5 Å². The molecular formula is C28H27N5O3S. The molecule has 2 aromatic heterocycles. The van der Waals surface area contributed by atoms with E-state index in [9.17, 15) is 9.59 Å². The highest BCUT2D eigenvalue weighted by molar-refractivity contribution is 7.98. The van der Waals surface area contributed by atoms with Crippen LogP contribution in [-0.2, 0) is 12.3 Å². The van der Waals surface area contributed by atoms with Crippen molar-refractivity contribution in [3.63, 3.8) is 0 Å². The van der Waals surface area contributed by atoms with E-state index < -0.39 is 0 Å². The largest absolute Gasteiger partial charge is 0.497 e. The van der Waals surface area contributed by atoms with Crippen molar-refractivity contribution in [1.82, 2.24) is 24.5 Å². The number of hydrogen-bond acceptors (Lipinski definition) is 6. The van der Waals surface area contributed by atoms with Crippen LogP contribution in [0.1, 0.15) is 35.3 Å². The zero-order valence-corrected chi connectivity index (χ0v) is 21.7. The maximum atomic E-state index is 13.6. The summed E-state index contributed by atoms with van der Waals surface area (Å²) in [5, 5.41) is 12.9. The number of benzene rings is 3. The van der Waals surface area contributed by atoms with E-state index >= 15 is 0 Å². The topological polar surface area (TPSA) is 90.5 Å². The minimum atomic E-state index is -0.197. The van der Waals surface area contributed by atoms with Crippen molar-refractivity contribution in [2.75, 3.05) is 7.11 Å². The molecule has 5 rings (SSSR count). The molecule has 0 atom stereocenters. The number of fused-ring (bicyclic) bond motifs is 3. The van der Waals surface area contributed by atoms with Crippen molar-refractivity contribution < 1.29 is 9.53 Å². The van der Waals surface area contributed by atoms with Crippen molar-refractivity contribution in [3.05, 3.63) is 99.8 Å². The summed E-state index contributed by atoms with van der Waals surface area (Å²) in [6, 6.07) is 22.8. The summed E-state index contributed by atoms with van der Waals surface area (Å²) in [7, 11) is 1.64. The molecule has 3 aromatic carbocycles. The number of rotatable bonds is 8. The third-order valence-corrected chi connectivity index (χ3v) is 6.94. The first kappa shape index (κ1) is 24.6. The predicted molar refractivity (Wildman–Crippen MR) is 145 cm³/mol. The predicted octanol–water partition coefficient (Wildman–Crippen LogP) is 4.53. The second-order valence-electron chi connectivity index (χ2n) is 9.00. The second-order valence-corrected chi connectivity index (χ2v) is 9.94. The van der Waals surface area contributed by atoms with Crippen LogP contribution in [0.15, 0.2) is 82.7 Å². The van der Waals surface area contributed by atoms with Crippen LogP contribution in [0.4, 0.5) is 0 Å². The Morgan fingerprint density at radius 1 is 1.00 bits per heavy atom. The van der Waals surface area contributed by atoms with Crippen molar-refractivity contribution in [1.29, 1.82) is 0 Å². The summed E-state index contributed by atoms with van der Waals surface area (Å²) in [5.74, 6) is 1.64. The van der Waals surface area contributed by atoms with Crippen molar-refractivity contribution >= 4 is 34.3 Å². The van der Waals surface area contributed by atoms with E-state index in [1.807, 2.05) is 72.8 Å². The number of aromatic nitrogens is 4. The molecule has 1 amide bonds. The van der Waals surface area contributed by atoms with Crippen LogP contribution in [0.5, 0.6) is 5.75 Å². The molecule has 37 heavy (non-hydrogen) atoms. The summed E-state index contributed by atoms with van der Waals surface area (Å²) in [6.45, 7) is 4.17. The molecule has 0 unspecified atom stereocenters. The molecule has 188 valence electrons. The molecule has 1 N–H and O–H groups in total. The number of methoxy groups -OCH3 is 1. The average molecular weight is 514 g/mol. The van der Waals surface area contributed by atoms with Gasteiger partial charge in [0.05, 0.1) is 24.6 Å². The van der Waals surface area contributed by atoms with Crippen molar-refractivity contribution in [3.8, 4) is 5.75 Å². The summed E-state index contributed by atoms with van der Waals surface area (Å²) >= 11 is 1.51. The molecule has 0 aliphatic rings. The zero-order valence-electron chi connectivity index (χ0n) is 20.8. The van der Waals surface area contributed by atoms with Crippen LogP contribution in [0, 0.1) is 0 Å². The number of carbonyl (C=O) groups excluding carboxylic acids is 1. The van der Waals surface area contributed by atoms with Crippen LogP contribution >= 0.6 is 11.8 Å². The second kappa shape index (κ2) is 10.5. The van der Waals surface area contributed by atoms with E-state index in [1.54, 1.807) is 29.9 Å². The fourth-order valence-corrected chi connectivity index (χ4v) is 5.06. The monoisotopic (exact) mass is 513 g/mol. The van der Waals surface area contributed by atoms with E-state index in [0.29, 0.717) is 39.7 Å². The van der Waals surface area contributed by atoms with Gasteiger partial charge in [0.1, 0.15) is 5.75 Å². The number of carbonyl (C=O) groups is 1. The lowest BCUT2D eigenvalue weighted by Gasteiger charge is -2.13. The number of nitrogens with zero attached hydrogens (tertiary/aromatic N) is 4. The van der Waals surface area contributed by atoms with Crippen molar-refractivity contribution in [2.24, 2.45) is 0 Å². The highest BCUT2D eigenvalue weighted by Crippen LogP contribution is 2.27. The van der Waals surface area contributed by atoms with E-state index in [2.05, 4.69) is 15.5 Å². The van der Waals surface area contributed by atoms with Gasteiger partial charge in [0, 0.05) is 17.4 Å². The fourth-order valence-electron chi connectivity index (χ4n) is 4.18. The average Bonchev–Trinajstić information content (AvgIpc) is 3.34. The minimum absolute atomic E-state index is 0.00835. The number of thioether (sulfide) groups is 1. The third kappa shape index (κ3) is 5.08. The molecule has 0 aliphatic heterocycles. The van der Waals surface area contributed by atoms with Crippen LogP contribution < -0.4 is 15.6 Å². The van der Waals surface area contributed by atoms with Gasteiger partial charge < -0.3 is 10.1 Å². The molecule has 0 fully saturated rings. The van der Waals surface area contributed by atoms with E-state index in [-0.39, 0.29) is 17.5 Å². The van der Waals surface area contributed by atoms with E-state index in [0.717, 1.165) is 16.9 Å². The standard InChI is InChI=1S/C28H27N5O3S/c1-18(2)29-25(34)21-12-13-23-24(15-21)33-27(32(26(23)35)16-19-8-5-4-6-9-19)30-31-28(33)37-17-20-10-7-11-22(14-20)36-3/h4-15,18H,16-17H2,1-3H3,(H,29,34). The number of nitrogens with one attached hydrogen (secondary N) is 1. The lowest BCUT2D eigenvalue weighted by molar-refractivity contribution is 0.0943. The summed E-state index contributed by atoms with van der Waals surface area (Å²) in [5.41, 5.74) is 2.94. The Labute approximate surface area is 218 Å². The molecule has 2 heterocycles. The van der Waals surface area contributed by atoms with Gasteiger partial charge >= 0.3 is 0 Å². The Kier molecular flexibility index (Phi) is 6.96. The third-order valence-electron chi connectivity index (χ3n) is 5.94. The fraction of sp³-hybridized carbons (Fsp3) is 0.214. The highest BCUT2D eigenvalue weighted by atomic mass is 32.2. The Bertz CT molecular complexity index is 1640. The van der Waals surface area contributed by atoms with Crippen LogP contribution in [0.2, 0.25) is 0 Å². The van der Waals surface area contributed by atoms with Crippen molar-refractivity contribution in [2.45, 2.75) is 37.3 Å². The van der Waals surface area contributed by atoms with Gasteiger partial charge in [0.15, 0.2) is 5.16 Å². The first-order valence-electron chi connectivity index (χ1n) is 12.0. The zero-order chi connectivity index (χ0) is 25.9. The summed E-state index contributed by atoms with van der Waals surface area (Å²) in [6.07, 6.45) is 0. The first-order chi connectivity index (χ1) is 17.9. The quantitative estimate of drug-likeness (QED) is 0.307. The lowest BCUT2D eigenvalue weighted by Crippen LogP contribution is -2.30. The van der Waals surface area contributed by atoms with Gasteiger partial charge in [-0.1, -0.05) is 54.2 Å².